The molecule has 2 N–H and O–H groups in total. The lowest BCUT2D eigenvalue weighted by Gasteiger charge is -2.29. The standard InChI is InChI=1S/C33H50N2O7.CO2/c1-8-17-40-20-16-34-31(38)14-12-28(37)10-9-18-41-19-15-32(39)35-29-23-27(11-13-30(29)42-26(4)36)22-24(2)21-25(3)33(5,6)7;2-1-3/h11,13,23-25H,8-10,15-22H2,1-7H3,(H,34,38)(H,35,39);/t24-,25?;/m1./s1. The lowest BCUT2D eigenvalue weighted by Crippen LogP contribution is -2.26. The van der Waals surface area contributed by atoms with Crippen LogP contribution in [-0.2, 0) is 44.7 Å². The molecule has 0 aromatic heterocycles. The largest absolute Gasteiger partial charge is 0.424 e. The molecule has 0 heterocycles. The first-order valence-corrected chi connectivity index (χ1v) is 15.3. The first-order valence-electron chi connectivity index (χ1n) is 15.3. The molecule has 0 saturated heterocycles. The number of rotatable bonds is 18. The molecule has 11 nitrogen and oxygen atoms in total. The molecule has 0 aliphatic heterocycles. The molecule has 0 radical (unpaired) electrons. The number of esters is 1. The summed E-state index contributed by atoms with van der Waals surface area (Å²) in [4.78, 5) is 63.9. The number of benzene rings is 1. The molecule has 45 heavy (non-hydrogen) atoms. The number of amides is 2. The first kappa shape index (κ1) is 41.2. The minimum atomic E-state index is -0.516. The molecule has 1 aromatic carbocycles. The van der Waals surface area contributed by atoms with Gasteiger partial charge in [-0.15, -0.1) is 0 Å². The lowest BCUT2D eigenvalue weighted by molar-refractivity contribution is -0.191. The fourth-order valence-electron chi connectivity index (χ4n) is 4.02. The third-order valence-electron chi connectivity index (χ3n) is 6.75. The molecular weight excluding hydrogens is 580 g/mol. The van der Waals surface area contributed by atoms with E-state index in [1.807, 2.05) is 19.1 Å². The summed E-state index contributed by atoms with van der Waals surface area (Å²) in [6.45, 7) is 16.4. The van der Waals surface area contributed by atoms with Crippen molar-refractivity contribution >= 4 is 35.4 Å². The number of hydrogen-bond donors (Lipinski definition) is 2. The Labute approximate surface area is 267 Å². The number of carbonyl (C=O) groups excluding carboxylic acids is 6. The summed E-state index contributed by atoms with van der Waals surface area (Å²) in [5, 5.41) is 5.41. The summed E-state index contributed by atoms with van der Waals surface area (Å²) in [7, 11) is 0. The van der Waals surface area contributed by atoms with Crippen LogP contribution < -0.4 is 15.4 Å². The zero-order valence-corrected chi connectivity index (χ0v) is 27.8. The third-order valence-corrected chi connectivity index (χ3v) is 6.75. The lowest BCUT2D eigenvalue weighted by atomic mass is 9.76. The predicted octanol–water partition coefficient (Wildman–Crippen LogP) is 4.52. The Morgan fingerprint density at radius 2 is 1.60 bits per heavy atom. The number of hydrogen-bond acceptors (Lipinski definition) is 9. The highest BCUT2D eigenvalue weighted by molar-refractivity contribution is 6.03. The average molecular weight is 631 g/mol. The van der Waals surface area contributed by atoms with Gasteiger partial charge in [0.1, 0.15) is 0 Å². The Morgan fingerprint density at radius 1 is 0.933 bits per heavy atom. The second kappa shape index (κ2) is 23.5. The maximum absolute atomic E-state index is 12.6. The van der Waals surface area contributed by atoms with E-state index < -0.39 is 11.9 Å². The normalized spacial score (nSPS) is 11.8. The summed E-state index contributed by atoms with van der Waals surface area (Å²) in [5.41, 5.74) is 1.74. The monoisotopic (exact) mass is 630 g/mol. The van der Waals surface area contributed by atoms with Crippen molar-refractivity contribution in [3.63, 3.8) is 0 Å². The molecule has 250 valence electrons. The van der Waals surface area contributed by atoms with Crippen molar-refractivity contribution in [2.45, 2.75) is 87.0 Å². The molecule has 1 unspecified atom stereocenters. The van der Waals surface area contributed by atoms with E-state index in [-0.39, 0.29) is 49.3 Å². The Morgan fingerprint density at radius 3 is 2.22 bits per heavy atom. The fourth-order valence-corrected chi connectivity index (χ4v) is 4.02. The summed E-state index contributed by atoms with van der Waals surface area (Å²) in [6, 6.07) is 5.51. The Balaban J connectivity index is 0.00000618. The number of Topliss-reactive ketones (excluding diaryl/α,β-unsaturated/α-hetero) is 1. The van der Waals surface area contributed by atoms with E-state index in [9.17, 15) is 19.2 Å². The van der Waals surface area contributed by atoms with Gasteiger partial charge in [-0.25, -0.2) is 0 Å². The number of anilines is 1. The van der Waals surface area contributed by atoms with Gasteiger partial charge in [-0.1, -0.05) is 47.6 Å². The Hall–Kier alpha value is -3.84. The highest BCUT2D eigenvalue weighted by Crippen LogP contribution is 2.33. The highest BCUT2D eigenvalue weighted by Gasteiger charge is 2.22. The zero-order valence-electron chi connectivity index (χ0n) is 27.8. The number of ketones is 1. The zero-order chi connectivity index (χ0) is 34.3. The molecule has 1 rings (SSSR count). The van der Waals surface area contributed by atoms with E-state index in [1.165, 1.54) is 6.92 Å². The van der Waals surface area contributed by atoms with Crippen molar-refractivity contribution in [3.8, 4) is 17.6 Å². The molecular formula is C34H50N2O9. The van der Waals surface area contributed by atoms with Crippen LogP contribution in [0.5, 0.6) is 5.75 Å². The van der Waals surface area contributed by atoms with Crippen molar-refractivity contribution in [1.29, 1.82) is 0 Å². The van der Waals surface area contributed by atoms with Gasteiger partial charge in [-0.05, 0) is 66.6 Å². The van der Waals surface area contributed by atoms with Crippen molar-refractivity contribution < 1.29 is 43.0 Å². The molecule has 1 aromatic rings. The molecule has 2 atom stereocenters. The summed E-state index contributed by atoms with van der Waals surface area (Å²) >= 11 is 0. The van der Waals surface area contributed by atoms with Crippen LogP contribution in [0, 0.1) is 29.1 Å². The second-order valence-electron chi connectivity index (χ2n) is 11.9. The first-order chi connectivity index (χ1) is 21.2. The van der Waals surface area contributed by atoms with Gasteiger partial charge in [-0.3, -0.25) is 19.2 Å². The van der Waals surface area contributed by atoms with Gasteiger partial charge >= 0.3 is 12.1 Å². The van der Waals surface area contributed by atoms with Crippen molar-refractivity contribution in [3.05, 3.63) is 23.8 Å². The van der Waals surface area contributed by atoms with Gasteiger partial charge in [-0.2, -0.15) is 9.59 Å². The van der Waals surface area contributed by atoms with E-state index >= 15 is 0 Å². The number of carbonyl (C=O) groups is 4. The topological polar surface area (TPSA) is 154 Å². The van der Waals surface area contributed by atoms with E-state index in [2.05, 4.69) is 57.1 Å². The Kier molecular flexibility index (Phi) is 21.5. The van der Waals surface area contributed by atoms with Crippen molar-refractivity contribution in [1.82, 2.24) is 5.32 Å². The third kappa shape index (κ3) is 21.5. The molecule has 0 spiro atoms. The highest BCUT2D eigenvalue weighted by atomic mass is 16.5. The molecule has 0 saturated carbocycles. The van der Waals surface area contributed by atoms with Gasteiger partial charge in [0.05, 0.1) is 25.3 Å². The van der Waals surface area contributed by atoms with Crippen LogP contribution in [0.25, 0.3) is 0 Å². The molecule has 2 amide bonds. The van der Waals surface area contributed by atoms with E-state index in [0.717, 1.165) is 24.8 Å². The SMILES string of the molecule is CCCOCCNC(=O)C#CC(=O)CCCOCCC(=O)Nc1cc(C[C@H](C)CC(C)C(C)(C)C)ccc1OC(C)=O.O=C=O. The van der Waals surface area contributed by atoms with E-state index in [4.69, 9.17) is 23.8 Å². The predicted molar refractivity (Wildman–Crippen MR) is 169 cm³/mol. The van der Waals surface area contributed by atoms with Gasteiger partial charge in [0, 0.05) is 39.0 Å². The summed E-state index contributed by atoms with van der Waals surface area (Å²) in [6.07, 6.45) is 3.75. The Bertz CT molecular complexity index is 1170. The fraction of sp³-hybridized carbons (Fsp3) is 0.618. The van der Waals surface area contributed by atoms with Gasteiger partial charge in [0.25, 0.3) is 5.91 Å². The van der Waals surface area contributed by atoms with E-state index in [0.29, 0.717) is 49.5 Å². The molecule has 0 bridgehead atoms. The summed E-state index contributed by atoms with van der Waals surface area (Å²) in [5.74, 6) is 4.30. The minimum Gasteiger partial charge on any atom is -0.424 e. The molecule has 0 aliphatic rings. The van der Waals surface area contributed by atoms with Gasteiger partial charge in [0.2, 0.25) is 11.7 Å². The number of nitrogens with one attached hydrogen (secondary N) is 2. The molecule has 0 aliphatic carbocycles. The van der Waals surface area contributed by atoms with Crippen molar-refractivity contribution in [2.75, 3.05) is 38.3 Å². The molecule has 11 heteroatoms. The van der Waals surface area contributed by atoms with E-state index in [1.54, 1.807) is 6.07 Å². The minimum absolute atomic E-state index is 0.0964. The van der Waals surface area contributed by atoms with Crippen LogP contribution in [0.3, 0.4) is 0 Å². The smallest absolute Gasteiger partial charge is 0.373 e. The van der Waals surface area contributed by atoms with Gasteiger partial charge < -0.3 is 24.8 Å². The average Bonchev–Trinajstić information content (AvgIpc) is 2.94. The van der Waals surface area contributed by atoms with Crippen LogP contribution in [0.15, 0.2) is 18.2 Å². The maximum atomic E-state index is 12.6. The van der Waals surface area contributed by atoms with Crippen LogP contribution in [0.4, 0.5) is 5.69 Å². The maximum Gasteiger partial charge on any atom is 0.373 e. The van der Waals surface area contributed by atoms with Crippen LogP contribution in [0.2, 0.25) is 0 Å². The van der Waals surface area contributed by atoms with Crippen molar-refractivity contribution in [2.24, 2.45) is 17.3 Å². The van der Waals surface area contributed by atoms with Crippen LogP contribution in [0.1, 0.15) is 86.1 Å². The number of ether oxygens (including phenoxy) is 3. The second-order valence-corrected chi connectivity index (χ2v) is 11.9. The molecule has 0 fully saturated rings. The quantitative estimate of drug-likeness (QED) is 0.0783. The summed E-state index contributed by atoms with van der Waals surface area (Å²) < 4.78 is 16.1. The van der Waals surface area contributed by atoms with Crippen LogP contribution in [-0.4, -0.2) is 62.7 Å². The van der Waals surface area contributed by atoms with Crippen LogP contribution >= 0.6 is 0 Å². The van der Waals surface area contributed by atoms with Gasteiger partial charge in [0.15, 0.2) is 5.75 Å².